The Morgan fingerprint density at radius 2 is 2.08 bits per heavy atom. The van der Waals surface area contributed by atoms with E-state index < -0.39 is 11.9 Å². The molecular weight excluding hydrogens is 336 g/mol. The van der Waals surface area contributed by atoms with E-state index in [-0.39, 0.29) is 12.5 Å². The van der Waals surface area contributed by atoms with Crippen LogP contribution < -0.4 is 26.4 Å². The van der Waals surface area contributed by atoms with Gasteiger partial charge in [0.25, 0.3) is 0 Å². The van der Waals surface area contributed by atoms with Crippen molar-refractivity contribution in [2.45, 2.75) is 20.3 Å². The molecule has 0 spiro atoms. The highest BCUT2D eigenvalue weighted by Crippen LogP contribution is 2.27. The van der Waals surface area contributed by atoms with Gasteiger partial charge in [-0.05, 0) is 24.6 Å². The van der Waals surface area contributed by atoms with E-state index in [0.717, 1.165) is 6.42 Å². The average molecular weight is 359 g/mol. The summed E-state index contributed by atoms with van der Waals surface area (Å²) in [5, 5.41) is 2.99. The standard InChI is InChI=1S/C15H23ClN4O4/c1-4-7-24-13-6-5-11(8-12(13)16)18-20-19-15(22)17-9-10(2)14(21)23-3/h5-6,8,10,18,20H,4,7,9H2,1-3H3,(H2,17,19,22)/t10-/m0/s1. The summed E-state index contributed by atoms with van der Waals surface area (Å²) in [7, 11) is 1.30. The van der Waals surface area contributed by atoms with Gasteiger partial charge in [0, 0.05) is 6.54 Å². The highest BCUT2D eigenvalue weighted by atomic mass is 35.5. The Labute approximate surface area is 146 Å². The molecule has 0 fully saturated rings. The van der Waals surface area contributed by atoms with Crippen molar-refractivity contribution in [3.8, 4) is 5.75 Å². The van der Waals surface area contributed by atoms with E-state index in [9.17, 15) is 9.59 Å². The Morgan fingerprint density at radius 3 is 2.71 bits per heavy atom. The van der Waals surface area contributed by atoms with Crippen molar-refractivity contribution >= 4 is 29.3 Å². The SMILES string of the molecule is CCCOc1ccc(NNNC(=O)NC[C@H](C)C(=O)OC)cc1Cl. The van der Waals surface area contributed by atoms with Crippen LogP contribution >= 0.6 is 11.6 Å². The molecule has 0 heterocycles. The minimum atomic E-state index is -0.493. The van der Waals surface area contributed by atoms with Gasteiger partial charge >= 0.3 is 12.0 Å². The normalized spacial score (nSPS) is 11.3. The van der Waals surface area contributed by atoms with Crippen LogP contribution in [0.1, 0.15) is 20.3 Å². The van der Waals surface area contributed by atoms with Crippen LogP contribution in [0.5, 0.6) is 5.75 Å². The number of rotatable bonds is 9. The maximum absolute atomic E-state index is 11.6. The van der Waals surface area contributed by atoms with E-state index in [4.69, 9.17) is 16.3 Å². The fraction of sp³-hybridized carbons (Fsp3) is 0.467. The van der Waals surface area contributed by atoms with Crippen LogP contribution in [0.3, 0.4) is 0 Å². The number of anilines is 1. The van der Waals surface area contributed by atoms with E-state index in [1.807, 2.05) is 6.92 Å². The van der Waals surface area contributed by atoms with E-state index >= 15 is 0 Å². The first-order valence-electron chi connectivity index (χ1n) is 7.53. The molecule has 0 aliphatic rings. The van der Waals surface area contributed by atoms with Gasteiger partial charge < -0.3 is 20.2 Å². The van der Waals surface area contributed by atoms with Crippen LogP contribution in [0.2, 0.25) is 5.02 Å². The van der Waals surface area contributed by atoms with Gasteiger partial charge in [0.05, 0.1) is 30.3 Å². The highest BCUT2D eigenvalue weighted by molar-refractivity contribution is 6.32. The zero-order valence-corrected chi connectivity index (χ0v) is 14.7. The van der Waals surface area contributed by atoms with Gasteiger partial charge in [-0.15, -0.1) is 5.53 Å². The summed E-state index contributed by atoms with van der Waals surface area (Å²) < 4.78 is 10.0. The van der Waals surface area contributed by atoms with Crippen molar-refractivity contribution in [1.82, 2.24) is 16.3 Å². The molecule has 1 aromatic carbocycles. The number of methoxy groups -OCH3 is 1. The van der Waals surface area contributed by atoms with Crippen LogP contribution in [-0.2, 0) is 9.53 Å². The van der Waals surface area contributed by atoms with Crippen LogP contribution in [0.15, 0.2) is 18.2 Å². The van der Waals surface area contributed by atoms with Crippen molar-refractivity contribution < 1.29 is 19.1 Å². The molecule has 24 heavy (non-hydrogen) atoms. The van der Waals surface area contributed by atoms with Gasteiger partial charge in [-0.2, -0.15) is 0 Å². The highest BCUT2D eigenvalue weighted by Gasteiger charge is 2.13. The predicted octanol–water partition coefficient (Wildman–Crippen LogP) is 2.07. The number of urea groups is 1. The zero-order valence-electron chi connectivity index (χ0n) is 13.9. The molecule has 0 aliphatic heterocycles. The Balaban J connectivity index is 2.32. The van der Waals surface area contributed by atoms with Crippen LogP contribution in [0.4, 0.5) is 10.5 Å². The summed E-state index contributed by atoms with van der Waals surface area (Å²) >= 11 is 6.10. The van der Waals surface area contributed by atoms with Crippen LogP contribution in [0, 0.1) is 5.92 Å². The number of halogens is 1. The number of amides is 2. The number of hydrogen-bond acceptors (Lipinski definition) is 6. The third-order valence-electron chi connectivity index (χ3n) is 2.95. The lowest BCUT2D eigenvalue weighted by Crippen LogP contribution is -2.48. The molecule has 9 heteroatoms. The largest absolute Gasteiger partial charge is 0.492 e. The summed E-state index contributed by atoms with van der Waals surface area (Å²) in [6.07, 6.45) is 0.894. The average Bonchev–Trinajstić information content (AvgIpc) is 2.58. The van der Waals surface area contributed by atoms with Gasteiger partial charge in [0.2, 0.25) is 0 Å². The number of carbonyl (C=O) groups excluding carboxylic acids is 2. The van der Waals surface area contributed by atoms with E-state index in [0.29, 0.717) is 23.1 Å². The van der Waals surface area contributed by atoms with Gasteiger partial charge in [0.1, 0.15) is 5.75 Å². The number of hydrogen-bond donors (Lipinski definition) is 4. The molecule has 0 radical (unpaired) electrons. The van der Waals surface area contributed by atoms with Crippen molar-refractivity contribution in [2.24, 2.45) is 5.92 Å². The quantitative estimate of drug-likeness (QED) is 0.398. The lowest BCUT2D eigenvalue weighted by molar-refractivity contribution is -0.144. The fourth-order valence-electron chi connectivity index (χ4n) is 1.64. The summed E-state index contributed by atoms with van der Waals surface area (Å²) in [5.74, 6) is -0.212. The van der Waals surface area contributed by atoms with Gasteiger partial charge in [-0.25, -0.2) is 4.79 Å². The number of benzene rings is 1. The first-order chi connectivity index (χ1) is 11.5. The lowest BCUT2D eigenvalue weighted by atomic mass is 10.2. The van der Waals surface area contributed by atoms with Crippen molar-refractivity contribution in [2.75, 3.05) is 25.7 Å². The summed E-state index contributed by atoms with van der Waals surface area (Å²) in [4.78, 5) is 22.8. The number of esters is 1. The molecule has 134 valence electrons. The number of nitrogens with one attached hydrogen (secondary N) is 4. The molecule has 1 atom stereocenters. The summed E-state index contributed by atoms with van der Waals surface area (Å²) in [6.45, 7) is 4.42. The Hall–Kier alpha value is -2.19. The number of carbonyl (C=O) groups is 2. The fourth-order valence-corrected chi connectivity index (χ4v) is 1.88. The third kappa shape index (κ3) is 6.93. The second-order valence-electron chi connectivity index (χ2n) is 5.00. The molecule has 0 unspecified atom stereocenters. The third-order valence-corrected chi connectivity index (χ3v) is 3.24. The molecule has 8 nitrogen and oxygen atoms in total. The summed E-state index contributed by atoms with van der Waals surface area (Å²) in [6, 6.07) is 4.66. The second-order valence-corrected chi connectivity index (χ2v) is 5.41. The Morgan fingerprint density at radius 1 is 1.33 bits per heavy atom. The maximum Gasteiger partial charge on any atom is 0.330 e. The Bertz CT molecular complexity index is 556. The minimum Gasteiger partial charge on any atom is -0.492 e. The predicted molar refractivity (Wildman–Crippen MR) is 91.7 cm³/mol. The molecular formula is C15H23ClN4O4. The van der Waals surface area contributed by atoms with Gasteiger partial charge in [-0.3, -0.25) is 10.2 Å². The molecule has 0 saturated carbocycles. The molecule has 0 aliphatic carbocycles. The van der Waals surface area contributed by atoms with E-state index in [2.05, 4.69) is 26.4 Å². The van der Waals surface area contributed by atoms with Gasteiger partial charge in [0.15, 0.2) is 0 Å². The van der Waals surface area contributed by atoms with Gasteiger partial charge in [-0.1, -0.05) is 25.4 Å². The molecule has 2 amide bonds. The van der Waals surface area contributed by atoms with Crippen LogP contribution in [-0.4, -0.2) is 32.3 Å². The zero-order chi connectivity index (χ0) is 17.9. The summed E-state index contributed by atoms with van der Waals surface area (Å²) in [5.41, 5.74) is 8.32. The first-order valence-corrected chi connectivity index (χ1v) is 7.90. The minimum absolute atomic E-state index is 0.162. The van der Waals surface area contributed by atoms with Crippen molar-refractivity contribution in [3.63, 3.8) is 0 Å². The van der Waals surface area contributed by atoms with Crippen molar-refractivity contribution in [3.05, 3.63) is 23.2 Å². The Kier molecular flexibility index (Phi) is 8.74. The number of ether oxygens (including phenoxy) is 2. The van der Waals surface area contributed by atoms with Crippen LogP contribution in [0.25, 0.3) is 0 Å². The molecule has 4 N–H and O–H groups in total. The number of hydrazine groups is 2. The molecule has 0 aromatic heterocycles. The lowest BCUT2D eigenvalue weighted by Gasteiger charge is -2.14. The smallest absolute Gasteiger partial charge is 0.330 e. The molecule has 0 bridgehead atoms. The monoisotopic (exact) mass is 358 g/mol. The van der Waals surface area contributed by atoms with E-state index in [1.54, 1.807) is 25.1 Å². The van der Waals surface area contributed by atoms with E-state index in [1.165, 1.54) is 7.11 Å². The molecule has 1 aromatic rings. The molecule has 1 rings (SSSR count). The molecule has 0 saturated heterocycles. The first kappa shape index (κ1) is 19.9. The topological polar surface area (TPSA) is 101 Å². The second kappa shape index (κ2) is 10.6. The van der Waals surface area contributed by atoms with Crippen molar-refractivity contribution in [1.29, 1.82) is 0 Å². The maximum atomic E-state index is 11.6.